The van der Waals surface area contributed by atoms with Crippen LogP contribution in [0.5, 0.6) is 0 Å². The van der Waals surface area contributed by atoms with Gasteiger partial charge < -0.3 is 5.32 Å². The lowest BCUT2D eigenvalue weighted by molar-refractivity contribution is 0.301. The summed E-state index contributed by atoms with van der Waals surface area (Å²) in [5.41, 5.74) is 0. The first-order valence-electron chi connectivity index (χ1n) is 7.80. The second-order valence-electron chi connectivity index (χ2n) is 5.83. The maximum Gasteiger partial charge on any atom is 0.250 e. The zero-order valence-corrected chi connectivity index (χ0v) is 14.5. The van der Waals surface area contributed by atoms with Crippen LogP contribution in [0, 0.1) is 5.92 Å². The van der Waals surface area contributed by atoms with Crippen LogP contribution < -0.4 is 10.0 Å². The minimum atomic E-state index is -3.35. The van der Waals surface area contributed by atoms with Gasteiger partial charge in [0.25, 0.3) is 0 Å². The Kier molecular flexibility index (Phi) is 6.22. The van der Waals surface area contributed by atoms with E-state index in [9.17, 15) is 8.42 Å². The summed E-state index contributed by atoms with van der Waals surface area (Å²) in [7, 11) is -1.44. The van der Waals surface area contributed by atoms with Gasteiger partial charge in [-0.1, -0.05) is 26.2 Å². The average molecular weight is 331 g/mol. The molecule has 1 aromatic heterocycles. The summed E-state index contributed by atoms with van der Waals surface area (Å²) < 4.78 is 28.3. The molecule has 0 radical (unpaired) electrons. The topological polar surface area (TPSA) is 58.2 Å². The van der Waals surface area contributed by atoms with E-state index in [4.69, 9.17) is 0 Å². The molecule has 1 aliphatic rings. The summed E-state index contributed by atoms with van der Waals surface area (Å²) in [5.74, 6) is 0.668. The third-order valence-electron chi connectivity index (χ3n) is 4.21. The van der Waals surface area contributed by atoms with E-state index in [2.05, 4.69) is 17.0 Å². The highest BCUT2D eigenvalue weighted by Crippen LogP contribution is 2.28. The van der Waals surface area contributed by atoms with E-state index in [1.165, 1.54) is 17.8 Å². The fourth-order valence-electron chi connectivity index (χ4n) is 2.93. The van der Waals surface area contributed by atoms with Crippen molar-refractivity contribution in [2.45, 2.75) is 55.7 Å². The molecule has 2 atom stereocenters. The molecule has 2 rings (SSSR count). The van der Waals surface area contributed by atoms with Gasteiger partial charge in [0.2, 0.25) is 10.0 Å². The van der Waals surface area contributed by atoms with Crippen LogP contribution in [0.3, 0.4) is 0 Å². The molecule has 2 unspecified atom stereocenters. The van der Waals surface area contributed by atoms with E-state index in [1.54, 1.807) is 6.07 Å². The van der Waals surface area contributed by atoms with Gasteiger partial charge in [-0.25, -0.2) is 13.1 Å². The number of likely N-dealkylation sites (N-methyl/N-ethyl adjacent to an activating group) is 1. The molecule has 0 aromatic carbocycles. The quantitative estimate of drug-likeness (QED) is 0.808. The molecule has 120 valence electrons. The van der Waals surface area contributed by atoms with Crippen LogP contribution in [-0.4, -0.2) is 28.1 Å². The van der Waals surface area contributed by atoms with E-state index in [-0.39, 0.29) is 6.04 Å². The summed E-state index contributed by atoms with van der Waals surface area (Å²) in [5, 5.41) is 3.08. The molecule has 2 N–H and O–H groups in total. The van der Waals surface area contributed by atoms with Crippen LogP contribution in [0.4, 0.5) is 0 Å². The number of hydrogen-bond acceptors (Lipinski definition) is 4. The first kappa shape index (κ1) is 16.9. The lowest BCUT2D eigenvalue weighted by atomic mass is 9.85. The number of nitrogens with one attached hydrogen (secondary N) is 2. The molecule has 1 heterocycles. The molecule has 0 saturated heterocycles. The van der Waals surface area contributed by atoms with Crippen LogP contribution in [-0.2, 0) is 16.4 Å². The Bertz CT molecular complexity index is 540. The minimum Gasteiger partial charge on any atom is -0.319 e. The van der Waals surface area contributed by atoms with Crippen LogP contribution in [0.25, 0.3) is 0 Å². The predicted molar refractivity (Wildman–Crippen MR) is 88.3 cm³/mol. The summed E-state index contributed by atoms with van der Waals surface area (Å²) in [6.45, 7) is 3.06. The van der Waals surface area contributed by atoms with Gasteiger partial charge in [0, 0.05) is 10.9 Å². The van der Waals surface area contributed by atoms with Gasteiger partial charge in [0.05, 0.1) is 0 Å². The van der Waals surface area contributed by atoms with Crippen molar-refractivity contribution in [2.24, 2.45) is 5.92 Å². The van der Waals surface area contributed by atoms with Crippen molar-refractivity contribution in [1.29, 1.82) is 0 Å². The first-order chi connectivity index (χ1) is 10.0. The molecule has 0 aliphatic heterocycles. The van der Waals surface area contributed by atoms with E-state index in [0.717, 1.165) is 43.5 Å². The zero-order valence-electron chi connectivity index (χ0n) is 12.9. The van der Waals surface area contributed by atoms with Gasteiger partial charge in [-0.05, 0) is 50.9 Å². The number of hydrogen-bond donors (Lipinski definition) is 2. The van der Waals surface area contributed by atoms with Gasteiger partial charge in [-0.3, -0.25) is 0 Å². The Hall–Kier alpha value is -0.430. The molecule has 1 fully saturated rings. The van der Waals surface area contributed by atoms with E-state index in [0.29, 0.717) is 10.1 Å². The van der Waals surface area contributed by atoms with Crippen LogP contribution >= 0.6 is 11.3 Å². The maximum atomic E-state index is 12.5. The Labute approximate surface area is 132 Å². The highest BCUT2D eigenvalue weighted by atomic mass is 32.2. The summed E-state index contributed by atoms with van der Waals surface area (Å²) >= 11 is 1.38. The molecule has 21 heavy (non-hydrogen) atoms. The number of rotatable bonds is 7. The second-order valence-corrected chi connectivity index (χ2v) is 8.94. The summed E-state index contributed by atoms with van der Waals surface area (Å²) in [6, 6.07) is 3.77. The van der Waals surface area contributed by atoms with Crippen molar-refractivity contribution in [3.63, 3.8) is 0 Å². The number of thiophene rings is 1. The molecule has 0 spiro atoms. The van der Waals surface area contributed by atoms with Crippen LogP contribution in [0.1, 0.15) is 43.9 Å². The van der Waals surface area contributed by atoms with Crippen molar-refractivity contribution < 1.29 is 8.42 Å². The minimum absolute atomic E-state index is 0.108. The average Bonchev–Trinajstić information content (AvgIpc) is 2.94. The fraction of sp³-hybridized carbons (Fsp3) is 0.733. The van der Waals surface area contributed by atoms with Gasteiger partial charge in [0.15, 0.2) is 0 Å². The molecule has 6 heteroatoms. The molecule has 1 saturated carbocycles. The Morgan fingerprint density at radius 1 is 1.33 bits per heavy atom. The molecule has 1 aliphatic carbocycles. The maximum absolute atomic E-state index is 12.5. The SMILES string of the molecule is CCC1CCCC(NS(=O)(=O)c2ccc(CCNC)s2)C1. The molecule has 0 amide bonds. The van der Waals surface area contributed by atoms with E-state index in [1.807, 2.05) is 13.1 Å². The Morgan fingerprint density at radius 2 is 2.14 bits per heavy atom. The molecular formula is C15H26N2O2S2. The van der Waals surface area contributed by atoms with Crippen molar-refractivity contribution in [2.75, 3.05) is 13.6 Å². The van der Waals surface area contributed by atoms with Crippen molar-refractivity contribution in [1.82, 2.24) is 10.0 Å². The Balaban J connectivity index is 1.99. The molecule has 0 bridgehead atoms. The fourth-order valence-corrected chi connectivity index (χ4v) is 5.59. The zero-order chi connectivity index (χ0) is 15.3. The van der Waals surface area contributed by atoms with Gasteiger partial charge in [-0.2, -0.15) is 0 Å². The second kappa shape index (κ2) is 7.72. The molecule has 4 nitrogen and oxygen atoms in total. The normalized spacial score (nSPS) is 23.3. The van der Waals surface area contributed by atoms with Gasteiger partial charge in [0.1, 0.15) is 4.21 Å². The van der Waals surface area contributed by atoms with E-state index < -0.39 is 10.0 Å². The predicted octanol–water partition coefficient (Wildman–Crippen LogP) is 2.76. The largest absolute Gasteiger partial charge is 0.319 e. The third-order valence-corrected chi connectivity index (χ3v) is 7.36. The van der Waals surface area contributed by atoms with Gasteiger partial charge >= 0.3 is 0 Å². The van der Waals surface area contributed by atoms with Crippen LogP contribution in [0.2, 0.25) is 0 Å². The van der Waals surface area contributed by atoms with Gasteiger partial charge in [-0.15, -0.1) is 11.3 Å². The van der Waals surface area contributed by atoms with E-state index >= 15 is 0 Å². The van der Waals surface area contributed by atoms with Crippen molar-refractivity contribution in [3.05, 3.63) is 17.0 Å². The summed E-state index contributed by atoms with van der Waals surface area (Å²) in [4.78, 5) is 1.11. The highest BCUT2D eigenvalue weighted by molar-refractivity contribution is 7.91. The molecular weight excluding hydrogens is 304 g/mol. The standard InChI is InChI=1S/C15H26N2O2S2/c1-3-12-5-4-6-13(11-12)17-21(18,19)15-8-7-14(20-15)9-10-16-2/h7-8,12-13,16-17H,3-6,9-11H2,1-2H3. The smallest absolute Gasteiger partial charge is 0.250 e. The summed E-state index contributed by atoms with van der Waals surface area (Å²) in [6.07, 6.45) is 6.33. The monoisotopic (exact) mass is 330 g/mol. The van der Waals surface area contributed by atoms with Crippen molar-refractivity contribution in [3.8, 4) is 0 Å². The van der Waals surface area contributed by atoms with Crippen molar-refractivity contribution >= 4 is 21.4 Å². The lowest BCUT2D eigenvalue weighted by Gasteiger charge is -2.28. The molecule has 1 aromatic rings. The number of sulfonamides is 1. The Morgan fingerprint density at radius 3 is 2.86 bits per heavy atom. The highest BCUT2D eigenvalue weighted by Gasteiger charge is 2.26. The van der Waals surface area contributed by atoms with Crippen LogP contribution in [0.15, 0.2) is 16.3 Å². The third kappa shape index (κ3) is 4.77. The lowest BCUT2D eigenvalue weighted by Crippen LogP contribution is -2.38. The first-order valence-corrected chi connectivity index (χ1v) is 10.1.